The van der Waals surface area contributed by atoms with Gasteiger partial charge in [0.2, 0.25) is 0 Å². The van der Waals surface area contributed by atoms with E-state index in [0.717, 1.165) is 0 Å². The number of halogens is 3. The van der Waals surface area contributed by atoms with Crippen LogP contribution in [0.15, 0.2) is 18.2 Å². The highest BCUT2D eigenvalue weighted by Gasteiger charge is 2.21. The van der Waals surface area contributed by atoms with Gasteiger partial charge in [-0.05, 0) is 32.0 Å². The number of amides is 1. The predicted molar refractivity (Wildman–Crippen MR) is 94.3 cm³/mol. The molecule has 0 fully saturated rings. The number of methoxy groups -OCH3 is 1. The van der Waals surface area contributed by atoms with Crippen LogP contribution in [0.5, 0.6) is 5.75 Å². The van der Waals surface area contributed by atoms with Crippen molar-refractivity contribution in [3.05, 3.63) is 39.8 Å². The summed E-state index contributed by atoms with van der Waals surface area (Å²) in [5.74, 6) is -1.56. The largest absolute Gasteiger partial charge is 0.492 e. The summed E-state index contributed by atoms with van der Waals surface area (Å²) < 4.78 is 19.5. The maximum atomic E-state index is 14.6. The smallest absolute Gasteiger partial charge is 0.295 e. The number of benzene rings is 1. The summed E-state index contributed by atoms with van der Waals surface area (Å²) in [6, 6.07) is 4.21. The third kappa shape index (κ3) is 4.12. The Kier molecular flexibility index (Phi) is 6.05. The second-order valence-electron chi connectivity index (χ2n) is 5.30. The topological polar surface area (TPSA) is 86.5 Å². The lowest BCUT2D eigenvalue weighted by Gasteiger charge is -2.13. The molecule has 0 atom stereocenters. The molecular weight excluding hydrogens is 372 g/mol. The summed E-state index contributed by atoms with van der Waals surface area (Å²) in [6.07, 6.45) is -0.249. The number of hydrogen-bond donors (Lipinski definition) is 2. The Balaban J connectivity index is 2.52. The Bertz CT molecular complexity index is 816. The molecule has 0 aliphatic rings. The van der Waals surface area contributed by atoms with E-state index in [0.29, 0.717) is 0 Å². The van der Waals surface area contributed by atoms with Crippen molar-refractivity contribution >= 4 is 34.8 Å². The lowest BCUT2D eigenvalue weighted by Crippen LogP contribution is -2.28. The van der Waals surface area contributed by atoms with E-state index in [1.165, 1.54) is 25.3 Å². The monoisotopic (exact) mass is 387 g/mol. The van der Waals surface area contributed by atoms with Crippen LogP contribution in [0.2, 0.25) is 10.0 Å². The van der Waals surface area contributed by atoms with E-state index in [1.807, 2.05) is 0 Å². The van der Waals surface area contributed by atoms with Crippen molar-refractivity contribution in [2.24, 2.45) is 0 Å². The predicted octanol–water partition coefficient (Wildman–Crippen LogP) is 3.86. The summed E-state index contributed by atoms with van der Waals surface area (Å²) in [7, 11) is 1.29. The quantitative estimate of drug-likeness (QED) is 0.760. The Hall–Kier alpha value is -2.09. The van der Waals surface area contributed by atoms with Crippen LogP contribution in [-0.4, -0.2) is 24.1 Å². The summed E-state index contributed by atoms with van der Waals surface area (Å²) in [4.78, 5) is 21.3. The van der Waals surface area contributed by atoms with Crippen molar-refractivity contribution in [2.75, 3.05) is 12.8 Å². The molecule has 1 amide bonds. The van der Waals surface area contributed by atoms with Crippen LogP contribution in [0.4, 0.5) is 10.1 Å². The maximum absolute atomic E-state index is 14.6. The molecule has 1 aromatic heterocycles. The number of carbonyl (C=O) groups is 1. The van der Waals surface area contributed by atoms with Crippen LogP contribution in [0.3, 0.4) is 0 Å². The van der Waals surface area contributed by atoms with Crippen molar-refractivity contribution in [1.82, 2.24) is 10.5 Å². The fraction of sp³-hybridized carbons (Fsp3) is 0.250. The molecule has 0 unspecified atom stereocenters. The number of ether oxygens (including phenoxy) is 1. The van der Waals surface area contributed by atoms with Gasteiger partial charge in [-0.15, -0.1) is 0 Å². The van der Waals surface area contributed by atoms with Gasteiger partial charge in [-0.25, -0.2) is 14.9 Å². The molecule has 2 aromatic rings. The molecule has 25 heavy (non-hydrogen) atoms. The number of carbonyl (C=O) groups excluding carboxylic acids is 1. The molecule has 0 aliphatic carbocycles. The first kappa shape index (κ1) is 19.2. The zero-order valence-corrected chi connectivity index (χ0v) is 15.2. The minimum absolute atomic E-state index is 0.0587. The fourth-order valence-corrected chi connectivity index (χ4v) is 2.38. The van der Waals surface area contributed by atoms with E-state index in [9.17, 15) is 9.18 Å². The third-order valence-corrected chi connectivity index (χ3v) is 3.81. The van der Waals surface area contributed by atoms with Gasteiger partial charge in [0.15, 0.2) is 17.3 Å². The molecule has 0 aliphatic heterocycles. The summed E-state index contributed by atoms with van der Waals surface area (Å²) in [5.41, 5.74) is 8.08. The summed E-state index contributed by atoms with van der Waals surface area (Å²) in [5, 5.41) is 0.0453. The van der Waals surface area contributed by atoms with Crippen LogP contribution >= 0.6 is 23.2 Å². The first-order valence-corrected chi connectivity index (χ1v) is 7.96. The molecule has 2 rings (SSSR count). The second-order valence-corrected chi connectivity index (χ2v) is 6.08. The highest BCUT2D eigenvalue weighted by molar-refractivity contribution is 6.36. The number of pyridine rings is 1. The molecule has 0 saturated heterocycles. The van der Waals surface area contributed by atoms with Crippen molar-refractivity contribution in [3.8, 4) is 17.0 Å². The molecule has 9 heteroatoms. The van der Waals surface area contributed by atoms with Gasteiger partial charge in [0.1, 0.15) is 0 Å². The lowest BCUT2D eigenvalue weighted by molar-refractivity contribution is -0.000114. The van der Waals surface area contributed by atoms with E-state index < -0.39 is 11.7 Å². The first-order valence-electron chi connectivity index (χ1n) is 7.20. The number of anilines is 1. The molecule has 1 heterocycles. The Morgan fingerprint density at radius 2 is 2.04 bits per heavy atom. The van der Waals surface area contributed by atoms with Gasteiger partial charge in [-0.2, -0.15) is 0 Å². The molecule has 0 saturated carbocycles. The Labute approximate surface area is 154 Å². The van der Waals surface area contributed by atoms with Crippen LogP contribution in [-0.2, 0) is 4.84 Å². The standard InChI is InChI=1S/C16H16Cl2FN3O3/c1-7(2)25-22-16(23)14-12(18)10(20)6-11(21-14)8-4-5-9(17)15(24-3)13(8)19/h4-7H,1-3H3,(H2,20,21)(H,22,23). The summed E-state index contributed by atoms with van der Waals surface area (Å²) in [6.45, 7) is 3.46. The van der Waals surface area contributed by atoms with E-state index >= 15 is 0 Å². The number of hydrogen-bond acceptors (Lipinski definition) is 5. The van der Waals surface area contributed by atoms with Crippen LogP contribution in [0.1, 0.15) is 24.3 Å². The van der Waals surface area contributed by atoms with Gasteiger partial charge >= 0.3 is 0 Å². The molecule has 0 bridgehead atoms. The number of nitrogens with two attached hydrogens (primary N) is 1. The van der Waals surface area contributed by atoms with Crippen molar-refractivity contribution in [1.29, 1.82) is 0 Å². The highest BCUT2D eigenvalue weighted by atomic mass is 35.5. The number of hydroxylamine groups is 1. The van der Waals surface area contributed by atoms with E-state index in [4.69, 9.17) is 38.5 Å². The first-order chi connectivity index (χ1) is 11.8. The zero-order valence-electron chi connectivity index (χ0n) is 13.7. The normalized spacial score (nSPS) is 10.8. The van der Waals surface area contributed by atoms with Crippen LogP contribution in [0, 0.1) is 5.82 Å². The number of nitrogen functional groups attached to an aromatic ring is 1. The number of nitrogens with one attached hydrogen (secondary N) is 1. The van der Waals surface area contributed by atoms with Crippen LogP contribution < -0.4 is 16.0 Å². The number of aromatic nitrogens is 1. The minimum atomic E-state index is -0.728. The summed E-state index contributed by atoms with van der Waals surface area (Å²) >= 11 is 11.9. The number of nitrogens with zero attached hydrogens (tertiary/aromatic N) is 1. The molecule has 134 valence electrons. The molecular formula is C16H16Cl2FN3O3. The van der Waals surface area contributed by atoms with Gasteiger partial charge in [-0.3, -0.25) is 9.63 Å². The van der Waals surface area contributed by atoms with Gasteiger partial charge in [0.05, 0.1) is 34.6 Å². The lowest BCUT2D eigenvalue weighted by atomic mass is 10.1. The average Bonchev–Trinajstić information content (AvgIpc) is 2.55. The van der Waals surface area contributed by atoms with Crippen molar-refractivity contribution in [3.63, 3.8) is 0 Å². The molecule has 1 aromatic carbocycles. The molecule has 0 spiro atoms. The van der Waals surface area contributed by atoms with Gasteiger partial charge < -0.3 is 10.5 Å². The van der Waals surface area contributed by atoms with Crippen molar-refractivity contribution < 1.29 is 18.8 Å². The van der Waals surface area contributed by atoms with E-state index in [1.54, 1.807) is 13.8 Å². The van der Waals surface area contributed by atoms with Crippen LogP contribution in [0.25, 0.3) is 11.3 Å². The Morgan fingerprint density at radius 1 is 1.36 bits per heavy atom. The zero-order chi connectivity index (χ0) is 18.7. The molecule has 3 N–H and O–H groups in total. The minimum Gasteiger partial charge on any atom is -0.492 e. The van der Waals surface area contributed by atoms with Crippen molar-refractivity contribution in [2.45, 2.75) is 20.0 Å². The SMILES string of the molecule is COc1c(Cl)ccc(-c2cc(N)c(Cl)c(C(=O)NOC(C)C)n2)c1F. The second kappa shape index (κ2) is 7.86. The maximum Gasteiger partial charge on any atom is 0.295 e. The van der Waals surface area contributed by atoms with E-state index in [-0.39, 0.29) is 44.5 Å². The third-order valence-electron chi connectivity index (χ3n) is 3.12. The molecule has 0 radical (unpaired) electrons. The van der Waals surface area contributed by atoms with E-state index in [2.05, 4.69) is 10.5 Å². The van der Waals surface area contributed by atoms with Gasteiger partial charge in [0.25, 0.3) is 5.91 Å². The van der Waals surface area contributed by atoms with Gasteiger partial charge in [-0.1, -0.05) is 23.2 Å². The fourth-order valence-electron chi connectivity index (χ4n) is 1.97. The number of rotatable bonds is 5. The van der Waals surface area contributed by atoms with Gasteiger partial charge in [0, 0.05) is 5.56 Å². The Morgan fingerprint density at radius 3 is 2.64 bits per heavy atom. The molecule has 6 nitrogen and oxygen atoms in total. The average molecular weight is 388 g/mol. The highest BCUT2D eigenvalue weighted by Crippen LogP contribution is 2.36.